The topological polar surface area (TPSA) is 34.1 Å². The largest absolute Gasteiger partial charge is 0.383 e. The first-order chi connectivity index (χ1) is 7.86. The molecule has 1 rings (SSSR count). The lowest BCUT2D eigenvalue weighted by Crippen LogP contribution is -2.32. The summed E-state index contributed by atoms with van der Waals surface area (Å²) in [6.45, 7) is 3.80. The molecule has 1 atom stereocenters. The van der Waals surface area contributed by atoms with Crippen LogP contribution < -0.4 is 5.32 Å². The SMILES string of the molecule is CCCCC(COC)NCc1ccccn1. The van der Waals surface area contributed by atoms with Gasteiger partial charge >= 0.3 is 0 Å². The van der Waals surface area contributed by atoms with Crippen molar-refractivity contribution in [3.63, 3.8) is 0 Å². The van der Waals surface area contributed by atoms with E-state index >= 15 is 0 Å². The van der Waals surface area contributed by atoms with Crippen molar-refractivity contribution in [1.29, 1.82) is 0 Å². The predicted octanol–water partition coefficient (Wildman–Crippen LogP) is 2.38. The fourth-order valence-corrected chi connectivity index (χ4v) is 1.65. The molecule has 1 aromatic heterocycles. The second-order valence-electron chi connectivity index (χ2n) is 4.00. The smallest absolute Gasteiger partial charge is 0.0615 e. The van der Waals surface area contributed by atoms with Crippen molar-refractivity contribution in [3.05, 3.63) is 30.1 Å². The van der Waals surface area contributed by atoms with Crippen LogP contribution in [0.15, 0.2) is 24.4 Å². The van der Waals surface area contributed by atoms with E-state index in [0.717, 1.165) is 25.3 Å². The van der Waals surface area contributed by atoms with Crippen molar-refractivity contribution < 1.29 is 4.74 Å². The Morgan fingerprint density at radius 3 is 2.94 bits per heavy atom. The molecule has 0 aliphatic carbocycles. The van der Waals surface area contributed by atoms with Crippen LogP contribution in [-0.2, 0) is 11.3 Å². The van der Waals surface area contributed by atoms with E-state index < -0.39 is 0 Å². The standard InChI is InChI=1S/C13H22N2O/c1-3-4-7-13(11-16-2)15-10-12-8-5-6-9-14-12/h5-6,8-9,13,15H,3-4,7,10-11H2,1-2H3. The number of ether oxygens (including phenoxy) is 1. The molecule has 0 aromatic carbocycles. The number of nitrogens with zero attached hydrogens (tertiary/aromatic N) is 1. The van der Waals surface area contributed by atoms with Gasteiger partial charge in [0.1, 0.15) is 0 Å². The van der Waals surface area contributed by atoms with Gasteiger partial charge < -0.3 is 10.1 Å². The molecule has 3 nitrogen and oxygen atoms in total. The summed E-state index contributed by atoms with van der Waals surface area (Å²) in [6, 6.07) is 6.43. The third kappa shape index (κ3) is 5.24. The summed E-state index contributed by atoms with van der Waals surface area (Å²) in [7, 11) is 1.75. The molecule has 90 valence electrons. The molecule has 0 bridgehead atoms. The third-order valence-electron chi connectivity index (χ3n) is 2.57. The summed E-state index contributed by atoms with van der Waals surface area (Å²) in [5.41, 5.74) is 1.08. The lowest BCUT2D eigenvalue weighted by molar-refractivity contribution is 0.160. The summed E-state index contributed by atoms with van der Waals surface area (Å²) < 4.78 is 5.21. The van der Waals surface area contributed by atoms with E-state index in [0.29, 0.717) is 6.04 Å². The zero-order valence-electron chi connectivity index (χ0n) is 10.3. The van der Waals surface area contributed by atoms with Gasteiger partial charge in [-0.25, -0.2) is 0 Å². The van der Waals surface area contributed by atoms with Gasteiger partial charge in [-0.15, -0.1) is 0 Å². The van der Waals surface area contributed by atoms with Crippen LogP contribution in [0.5, 0.6) is 0 Å². The Bertz CT molecular complexity index is 264. The highest BCUT2D eigenvalue weighted by atomic mass is 16.5. The van der Waals surface area contributed by atoms with Crippen LogP contribution >= 0.6 is 0 Å². The van der Waals surface area contributed by atoms with Crippen molar-refractivity contribution in [3.8, 4) is 0 Å². The molecule has 0 aliphatic heterocycles. The first-order valence-electron chi connectivity index (χ1n) is 5.99. The van der Waals surface area contributed by atoms with E-state index in [1.54, 1.807) is 7.11 Å². The zero-order chi connectivity index (χ0) is 11.6. The fourth-order valence-electron chi connectivity index (χ4n) is 1.65. The summed E-state index contributed by atoms with van der Waals surface area (Å²) in [5, 5.41) is 3.48. The Morgan fingerprint density at radius 2 is 2.31 bits per heavy atom. The second-order valence-corrected chi connectivity index (χ2v) is 4.00. The monoisotopic (exact) mass is 222 g/mol. The zero-order valence-corrected chi connectivity index (χ0v) is 10.3. The average Bonchev–Trinajstić information content (AvgIpc) is 2.34. The number of aromatic nitrogens is 1. The van der Waals surface area contributed by atoms with Crippen molar-refractivity contribution in [1.82, 2.24) is 10.3 Å². The van der Waals surface area contributed by atoms with E-state index in [2.05, 4.69) is 17.2 Å². The molecule has 0 amide bonds. The number of hydrogen-bond donors (Lipinski definition) is 1. The number of methoxy groups -OCH3 is 1. The number of hydrogen-bond acceptors (Lipinski definition) is 3. The number of rotatable bonds is 8. The quantitative estimate of drug-likeness (QED) is 0.733. The van der Waals surface area contributed by atoms with Crippen LogP contribution in [0.2, 0.25) is 0 Å². The van der Waals surface area contributed by atoms with Gasteiger partial charge in [0.15, 0.2) is 0 Å². The maximum Gasteiger partial charge on any atom is 0.0615 e. The van der Waals surface area contributed by atoms with Gasteiger partial charge in [0.2, 0.25) is 0 Å². The Labute approximate surface area is 98.2 Å². The fraction of sp³-hybridized carbons (Fsp3) is 0.615. The minimum absolute atomic E-state index is 0.437. The number of pyridine rings is 1. The van der Waals surface area contributed by atoms with Crippen LogP contribution in [0, 0.1) is 0 Å². The minimum Gasteiger partial charge on any atom is -0.383 e. The van der Waals surface area contributed by atoms with Crippen LogP contribution in [0.1, 0.15) is 31.9 Å². The normalized spacial score (nSPS) is 12.6. The number of nitrogens with one attached hydrogen (secondary N) is 1. The highest BCUT2D eigenvalue weighted by Gasteiger charge is 2.07. The molecule has 0 radical (unpaired) electrons. The molecule has 0 fully saturated rings. The Balaban J connectivity index is 2.31. The maximum atomic E-state index is 5.21. The van der Waals surface area contributed by atoms with Crippen LogP contribution in [0.25, 0.3) is 0 Å². The molecular formula is C13H22N2O. The molecule has 1 N–H and O–H groups in total. The van der Waals surface area contributed by atoms with Crippen LogP contribution in [-0.4, -0.2) is 24.7 Å². The van der Waals surface area contributed by atoms with Crippen molar-refractivity contribution in [2.45, 2.75) is 38.8 Å². The van der Waals surface area contributed by atoms with Gasteiger partial charge in [0, 0.05) is 25.9 Å². The van der Waals surface area contributed by atoms with E-state index in [1.807, 2.05) is 24.4 Å². The molecule has 1 unspecified atom stereocenters. The Kier molecular flexibility index (Phi) is 6.77. The average molecular weight is 222 g/mol. The van der Waals surface area contributed by atoms with Gasteiger partial charge in [-0.05, 0) is 18.6 Å². The molecule has 0 saturated carbocycles. The van der Waals surface area contributed by atoms with Gasteiger partial charge in [0.05, 0.1) is 12.3 Å². The molecule has 1 aromatic rings. The second kappa shape index (κ2) is 8.25. The van der Waals surface area contributed by atoms with Gasteiger partial charge in [-0.1, -0.05) is 25.8 Å². The lowest BCUT2D eigenvalue weighted by atomic mass is 10.1. The van der Waals surface area contributed by atoms with Crippen molar-refractivity contribution >= 4 is 0 Å². The molecule has 3 heteroatoms. The van der Waals surface area contributed by atoms with E-state index in [1.165, 1.54) is 12.8 Å². The highest BCUT2D eigenvalue weighted by molar-refractivity contribution is 5.03. The molecular weight excluding hydrogens is 200 g/mol. The van der Waals surface area contributed by atoms with Crippen molar-refractivity contribution in [2.24, 2.45) is 0 Å². The van der Waals surface area contributed by atoms with Gasteiger partial charge in [-0.2, -0.15) is 0 Å². The maximum absolute atomic E-state index is 5.21. The van der Waals surface area contributed by atoms with E-state index in [4.69, 9.17) is 4.74 Å². The molecule has 0 aliphatic rings. The molecule has 0 saturated heterocycles. The van der Waals surface area contributed by atoms with E-state index in [-0.39, 0.29) is 0 Å². The third-order valence-corrected chi connectivity index (χ3v) is 2.57. The summed E-state index contributed by atoms with van der Waals surface area (Å²) >= 11 is 0. The van der Waals surface area contributed by atoms with Crippen LogP contribution in [0.4, 0.5) is 0 Å². The molecule has 1 heterocycles. The van der Waals surface area contributed by atoms with E-state index in [9.17, 15) is 0 Å². The van der Waals surface area contributed by atoms with Gasteiger partial charge in [-0.3, -0.25) is 4.98 Å². The summed E-state index contributed by atoms with van der Waals surface area (Å²) in [5.74, 6) is 0. The lowest BCUT2D eigenvalue weighted by Gasteiger charge is -2.17. The Hall–Kier alpha value is -0.930. The Morgan fingerprint density at radius 1 is 1.44 bits per heavy atom. The summed E-state index contributed by atoms with van der Waals surface area (Å²) in [4.78, 5) is 4.29. The van der Waals surface area contributed by atoms with Gasteiger partial charge in [0.25, 0.3) is 0 Å². The molecule has 0 spiro atoms. The van der Waals surface area contributed by atoms with Crippen LogP contribution in [0.3, 0.4) is 0 Å². The first kappa shape index (κ1) is 13.1. The first-order valence-corrected chi connectivity index (χ1v) is 5.99. The molecule has 16 heavy (non-hydrogen) atoms. The highest BCUT2D eigenvalue weighted by Crippen LogP contribution is 2.02. The predicted molar refractivity (Wildman–Crippen MR) is 66.3 cm³/mol. The minimum atomic E-state index is 0.437. The van der Waals surface area contributed by atoms with Crippen molar-refractivity contribution in [2.75, 3.05) is 13.7 Å². The number of unbranched alkanes of at least 4 members (excludes halogenated alkanes) is 1. The summed E-state index contributed by atoms with van der Waals surface area (Å²) in [6.07, 6.45) is 5.46.